The van der Waals surface area contributed by atoms with Gasteiger partial charge in [-0.25, -0.2) is 0 Å². The van der Waals surface area contributed by atoms with Gasteiger partial charge < -0.3 is 20.4 Å². The number of allylic oxidation sites excluding steroid dienone is 2. The van der Waals surface area contributed by atoms with Gasteiger partial charge in [0.15, 0.2) is 0 Å². The standard InChI is InChI=1S/C29H50O4/c1-16(2)19(5)17(3)12-18(4)22-8-9-23-21-13-25(32)29(33)14-20(30)10-11-28(29,7)26(21)24(31)15-27(22,23)6/h12,16,18-26,30-33H,8-11,13-15H2,1-7H3/t18-,19-,20+,21+,22-,23+,24-,25-,26-,27-,28-,29+/m1/s1. The van der Waals surface area contributed by atoms with Gasteiger partial charge >= 0.3 is 0 Å². The van der Waals surface area contributed by atoms with Crippen molar-refractivity contribution in [3.8, 4) is 0 Å². The van der Waals surface area contributed by atoms with Crippen molar-refractivity contribution in [2.45, 2.75) is 117 Å². The Morgan fingerprint density at radius 2 is 1.64 bits per heavy atom. The third-order valence-electron chi connectivity index (χ3n) is 11.7. The second-order valence-corrected chi connectivity index (χ2v) is 13.5. The SMILES string of the molecule is CC(=C[C@@H](C)[C@H]1CC[C@H]2[C@@H]3C[C@@H](O)[C@@]4(O)C[C@@H](O)CC[C@]4(C)[C@H]3[C@H](O)C[C@]12C)[C@H](C)C(C)C. The van der Waals surface area contributed by atoms with Gasteiger partial charge in [-0.2, -0.15) is 0 Å². The van der Waals surface area contributed by atoms with E-state index in [4.69, 9.17) is 0 Å². The number of hydrogen-bond donors (Lipinski definition) is 4. The van der Waals surface area contributed by atoms with Crippen LogP contribution in [-0.2, 0) is 0 Å². The lowest BCUT2D eigenvalue weighted by molar-refractivity contribution is -0.282. The highest BCUT2D eigenvalue weighted by Crippen LogP contribution is 2.69. The molecule has 0 bridgehead atoms. The van der Waals surface area contributed by atoms with Gasteiger partial charge in [-0.15, -0.1) is 0 Å². The van der Waals surface area contributed by atoms with Crippen molar-refractivity contribution in [3.63, 3.8) is 0 Å². The summed E-state index contributed by atoms with van der Waals surface area (Å²) < 4.78 is 0. The summed E-state index contributed by atoms with van der Waals surface area (Å²) in [6, 6.07) is 0. The molecule has 4 aliphatic carbocycles. The fraction of sp³-hybridized carbons (Fsp3) is 0.931. The number of fused-ring (bicyclic) bond motifs is 5. The lowest BCUT2D eigenvalue weighted by Crippen LogP contribution is -2.71. The molecular formula is C29H50O4. The topological polar surface area (TPSA) is 80.9 Å². The lowest BCUT2D eigenvalue weighted by Gasteiger charge is -2.66. The summed E-state index contributed by atoms with van der Waals surface area (Å²) in [5.74, 6) is 2.90. The Labute approximate surface area is 201 Å². The quantitative estimate of drug-likeness (QED) is 0.446. The molecule has 0 aromatic rings. The predicted octanol–water partition coefficient (Wildman–Crippen LogP) is 4.94. The molecule has 4 aliphatic rings. The smallest absolute Gasteiger partial charge is 0.0986 e. The first-order valence-corrected chi connectivity index (χ1v) is 13.7. The summed E-state index contributed by atoms with van der Waals surface area (Å²) >= 11 is 0. The van der Waals surface area contributed by atoms with Crippen molar-refractivity contribution in [3.05, 3.63) is 11.6 Å². The van der Waals surface area contributed by atoms with E-state index in [0.717, 1.165) is 12.8 Å². The van der Waals surface area contributed by atoms with E-state index in [1.807, 2.05) is 0 Å². The van der Waals surface area contributed by atoms with Gasteiger partial charge in [0.05, 0.1) is 23.9 Å². The van der Waals surface area contributed by atoms with Crippen LogP contribution in [0.2, 0.25) is 0 Å². The molecule has 190 valence electrons. The van der Waals surface area contributed by atoms with Gasteiger partial charge in [0.1, 0.15) is 0 Å². The fourth-order valence-electron chi connectivity index (χ4n) is 9.49. The second kappa shape index (κ2) is 8.61. The van der Waals surface area contributed by atoms with E-state index in [9.17, 15) is 20.4 Å². The lowest BCUT2D eigenvalue weighted by atomic mass is 9.41. The molecule has 4 saturated carbocycles. The van der Waals surface area contributed by atoms with Crippen molar-refractivity contribution in [2.75, 3.05) is 0 Å². The van der Waals surface area contributed by atoms with Gasteiger partial charge in [0.2, 0.25) is 0 Å². The zero-order chi connectivity index (χ0) is 24.5. The van der Waals surface area contributed by atoms with Crippen molar-refractivity contribution in [2.24, 2.45) is 52.3 Å². The minimum atomic E-state index is -1.31. The molecule has 4 heteroatoms. The van der Waals surface area contributed by atoms with E-state index in [2.05, 4.69) is 54.5 Å². The molecule has 0 unspecified atom stereocenters. The maximum Gasteiger partial charge on any atom is 0.0986 e. The van der Waals surface area contributed by atoms with E-state index in [1.165, 1.54) is 12.0 Å². The Bertz CT molecular complexity index is 763. The molecule has 0 saturated heterocycles. The minimum Gasteiger partial charge on any atom is -0.393 e. The first-order chi connectivity index (χ1) is 15.3. The van der Waals surface area contributed by atoms with Crippen molar-refractivity contribution in [1.82, 2.24) is 0 Å². The van der Waals surface area contributed by atoms with Crippen LogP contribution in [0, 0.1) is 52.3 Å². The summed E-state index contributed by atoms with van der Waals surface area (Å²) in [6.45, 7) is 16.0. The van der Waals surface area contributed by atoms with E-state index in [1.54, 1.807) is 0 Å². The first-order valence-electron chi connectivity index (χ1n) is 13.7. The third kappa shape index (κ3) is 3.77. The maximum absolute atomic E-state index is 11.7. The third-order valence-corrected chi connectivity index (χ3v) is 11.7. The highest BCUT2D eigenvalue weighted by atomic mass is 16.3. The van der Waals surface area contributed by atoms with Crippen molar-refractivity contribution < 1.29 is 20.4 Å². The molecule has 4 fully saturated rings. The summed E-state index contributed by atoms with van der Waals surface area (Å²) in [6.07, 6.45) is 5.80. The Morgan fingerprint density at radius 3 is 2.27 bits per heavy atom. The van der Waals surface area contributed by atoms with Crippen LogP contribution in [0.25, 0.3) is 0 Å². The van der Waals surface area contributed by atoms with E-state index < -0.39 is 29.3 Å². The summed E-state index contributed by atoms with van der Waals surface area (Å²) in [4.78, 5) is 0. The molecule has 0 heterocycles. The molecule has 0 aliphatic heterocycles. The molecule has 0 aromatic heterocycles. The van der Waals surface area contributed by atoms with E-state index in [-0.39, 0.29) is 23.7 Å². The average Bonchev–Trinajstić information content (AvgIpc) is 3.06. The average molecular weight is 463 g/mol. The number of aliphatic hydroxyl groups excluding tert-OH is 3. The van der Waals surface area contributed by atoms with Crippen molar-refractivity contribution in [1.29, 1.82) is 0 Å². The molecule has 4 rings (SSSR count). The zero-order valence-electron chi connectivity index (χ0n) is 22.1. The Balaban J connectivity index is 1.63. The van der Waals surface area contributed by atoms with Gasteiger partial charge in [0.25, 0.3) is 0 Å². The van der Waals surface area contributed by atoms with Gasteiger partial charge in [0, 0.05) is 11.8 Å². The molecule has 0 radical (unpaired) electrons. The number of hydrogen-bond acceptors (Lipinski definition) is 4. The molecular weight excluding hydrogens is 412 g/mol. The zero-order valence-corrected chi connectivity index (χ0v) is 22.1. The van der Waals surface area contributed by atoms with Crippen LogP contribution >= 0.6 is 0 Å². The first kappa shape index (κ1) is 25.7. The highest BCUT2D eigenvalue weighted by Gasteiger charge is 2.69. The van der Waals surface area contributed by atoms with Crippen LogP contribution in [-0.4, -0.2) is 44.3 Å². The molecule has 12 atom stereocenters. The number of aliphatic hydroxyl groups is 4. The summed E-state index contributed by atoms with van der Waals surface area (Å²) in [5.41, 5.74) is -0.330. The van der Waals surface area contributed by atoms with Gasteiger partial charge in [-0.05, 0) is 92.3 Å². The van der Waals surface area contributed by atoms with Crippen molar-refractivity contribution >= 4 is 0 Å². The Kier molecular flexibility index (Phi) is 6.69. The normalized spacial score (nSPS) is 52.1. The molecule has 33 heavy (non-hydrogen) atoms. The minimum absolute atomic E-state index is 0.0104. The Hall–Kier alpha value is -0.420. The van der Waals surface area contributed by atoms with E-state index >= 15 is 0 Å². The largest absolute Gasteiger partial charge is 0.393 e. The highest BCUT2D eigenvalue weighted by molar-refractivity contribution is 5.20. The fourth-order valence-corrected chi connectivity index (χ4v) is 9.49. The second-order valence-electron chi connectivity index (χ2n) is 13.5. The van der Waals surface area contributed by atoms with Crippen LogP contribution in [0.1, 0.15) is 93.4 Å². The predicted molar refractivity (Wildman–Crippen MR) is 132 cm³/mol. The van der Waals surface area contributed by atoms with Crippen LogP contribution in [0.4, 0.5) is 0 Å². The molecule has 0 aromatic carbocycles. The van der Waals surface area contributed by atoms with Crippen LogP contribution in [0.3, 0.4) is 0 Å². The summed E-state index contributed by atoms with van der Waals surface area (Å²) in [5, 5.41) is 44.8. The van der Waals surface area contributed by atoms with Gasteiger partial charge in [-0.1, -0.05) is 53.2 Å². The Morgan fingerprint density at radius 1 is 0.970 bits per heavy atom. The molecule has 4 nitrogen and oxygen atoms in total. The molecule has 4 N–H and O–H groups in total. The monoisotopic (exact) mass is 462 g/mol. The van der Waals surface area contributed by atoms with Crippen LogP contribution < -0.4 is 0 Å². The van der Waals surface area contributed by atoms with Crippen LogP contribution in [0.5, 0.6) is 0 Å². The number of rotatable bonds is 4. The molecule has 0 spiro atoms. The van der Waals surface area contributed by atoms with Crippen LogP contribution in [0.15, 0.2) is 11.6 Å². The summed E-state index contributed by atoms with van der Waals surface area (Å²) in [7, 11) is 0. The van der Waals surface area contributed by atoms with Gasteiger partial charge in [-0.3, -0.25) is 0 Å². The maximum atomic E-state index is 11.7. The van der Waals surface area contributed by atoms with E-state index in [0.29, 0.717) is 48.9 Å². The molecule has 0 amide bonds.